The van der Waals surface area contributed by atoms with E-state index in [1.807, 2.05) is 30.3 Å². The smallest absolute Gasteiger partial charge is 0.287 e. The van der Waals surface area contributed by atoms with Crippen LogP contribution in [0.2, 0.25) is 0 Å². The molecule has 0 spiro atoms. The first-order chi connectivity index (χ1) is 10.8. The number of para-hydroxylation sites is 1. The van der Waals surface area contributed by atoms with Crippen molar-refractivity contribution in [1.82, 2.24) is 10.6 Å². The maximum Gasteiger partial charge on any atom is 0.287 e. The molecule has 1 unspecified atom stereocenters. The summed E-state index contributed by atoms with van der Waals surface area (Å²) in [5, 5.41) is 6.29. The molecule has 1 atom stereocenters. The van der Waals surface area contributed by atoms with Gasteiger partial charge in [0.2, 0.25) is 0 Å². The molecule has 22 heavy (non-hydrogen) atoms. The van der Waals surface area contributed by atoms with E-state index in [0.29, 0.717) is 12.4 Å². The lowest BCUT2D eigenvalue weighted by Gasteiger charge is -2.23. The van der Waals surface area contributed by atoms with Gasteiger partial charge in [-0.05, 0) is 37.6 Å². The normalized spacial score (nSPS) is 17.9. The minimum atomic E-state index is -0.176. The highest BCUT2D eigenvalue weighted by atomic mass is 16.5. The SMILES string of the molecule is O=C(NC1CCCNC1)c1occc1COc1ccccc1. The van der Waals surface area contributed by atoms with Gasteiger partial charge < -0.3 is 19.8 Å². The van der Waals surface area contributed by atoms with Crippen molar-refractivity contribution >= 4 is 5.91 Å². The second-order valence-electron chi connectivity index (χ2n) is 5.39. The average molecular weight is 300 g/mol. The molecule has 1 aliphatic heterocycles. The molecule has 1 saturated heterocycles. The summed E-state index contributed by atoms with van der Waals surface area (Å²) in [6, 6.07) is 11.5. The van der Waals surface area contributed by atoms with Gasteiger partial charge >= 0.3 is 0 Å². The van der Waals surface area contributed by atoms with Crippen molar-refractivity contribution in [1.29, 1.82) is 0 Å². The van der Waals surface area contributed by atoms with E-state index in [4.69, 9.17) is 9.15 Å². The highest BCUT2D eigenvalue weighted by Gasteiger charge is 2.20. The maximum absolute atomic E-state index is 12.3. The molecule has 1 fully saturated rings. The van der Waals surface area contributed by atoms with E-state index >= 15 is 0 Å². The zero-order valence-electron chi connectivity index (χ0n) is 12.4. The van der Waals surface area contributed by atoms with Crippen LogP contribution in [-0.4, -0.2) is 25.0 Å². The van der Waals surface area contributed by atoms with Crippen LogP contribution in [-0.2, 0) is 6.61 Å². The third kappa shape index (κ3) is 3.68. The van der Waals surface area contributed by atoms with Crippen molar-refractivity contribution in [2.75, 3.05) is 13.1 Å². The summed E-state index contributed by atoms with van der Waals surface area (Å²) in [6.07, 6.45) is 3.60. The summed E-state index contributed by atoms with van der Waals surface area (Å²) in [5.74, 6) is 0.929. The van der Waals surface area contributed by atoms with Gasteiger partial charge in [-0.15, -0.1) is 0 Å². The Kier molecular flexibility index (Phi) is 4.75. The predicted octanol–water partition coefficient (Wildman–Crippen LogP) is 2.34. The summed E-state index contributed by atoms with van der Waals surface area (Å²) in [4.78, 5) is 12.3. The molecule has 1 aromatic heterocycles. The Morgan fingerprint density at radius 3 is 2.95 bits per heavy atom. The van der Waals surface area contributed by atoms with E-state index in [1.54, 1.807) is 6.07 Å². The molecule has 2 aromatic rings. The number of ether oxygens (including phenoxy) is 1. The van der Waals surface area contributed by atoms with Gasteiger partial charge in [-0.2, -0.15) is 0 Å². The van der Waals surface area contributed by atoms with E-state index in [2.05, 4.69) is 10.6 Å². The van der Waals surface area contributed by atoms with Crippen LogP contribution in [0.5, 0.6) is 5.75 Å². The van der Waals surface area contributed by atoms with Crippen molar-refractivity contribution in [2.24, 2.45) is 0 Å². The van der Waals surface area contributed by atoms with E-state index in [-0.39, 0.29) is 11.9 Å². The molecule has 5 heteroatoms. The lowest BCUT2D eigenvalue weighted by Crippen LogP contribution is -2.45. The highest BCUT2D eigenvalue weighted by molar-refractivity contribution is 5.93. The topological polar surface area (TPSA) is 63.5 Å². The molecule has 2 N–H and O–H groups in total. The van der Waals surface area contributed by atoms with Crippen LogP contribution in [0.4, 0.5) is 0 Å². The fourth-order valence-electron chi connectivity index (χ4n) is 2.55. The number of carbonyl (C=O) groups excluding carboxylic acids is 1. The Hall–Kier alpha value is -2.27. The molecule has 0 bridgehead atoms. The molecule has 5 nitrogen and oxygen atoms in total. The van der Waals surface area contributed by atoms with E-state index in [1.165, 1.54) is 6.26 Å². The van der Waals surface area contributed by atoms with Gasteiger partial charge in [0.1, 0.15) is 12.4 Å². The van der Waals surface area contributed by atoms with Crippen LogP contribution in [0.3, 0.4) is 0 Å². The Labute approximate surface area is 129 Å². The van der Waals surface area contributed by atoms with Gasteiger partial charge in [-0.3, -0.25) is 4.79 Å². The monoisotopic (exact) mass is 300 g/mol. The van der Waals surface area contributed by atoms with Crippen LogP contribution in [0.1, 0.15) is 29.0 Å². The Bertz CT molecular complexity index is 603. The third-order valence-electron chi connectivity index (χ3n) is 3.72. The average Bonchev–Trinajstić information content (AvgIpc) is 3.03. The molecule has 0 radical (unpaired) electrons. The third-order valence-corrected chi connectivity index (χ3v) is 3.72. The number of piperidine rings is 1. The van der Waals surface area contributed by atoms with E-state index < -0.39 is 0 Å². The fraction of sp³-hybridized carbons (Fsp3) is 0.353. The van der Waals surface area contributed by atoms with Crippen molar-refractivity contribution < 1.29 is 13.9 Å². The first-order valence-corrected chi connectivity index (χ1v) is 7.59. The molecule has 2 heterocycles. The van der Waals surface area contributed by atoms with Gasteiger partial charge in [0.15, 0.2) is 5.76 Å². The summed E-state index contributed by atoms with van der Waals surface area (Å²) in [5.41, 5.74) is 0.755. The van der Waals surface area contributed by atoms with Crippen molar-refractivity contribution in [3.63, 3.8) is 0 Å². The van der Waals surface area contributed by atoms with Crippen LogP contribution in [0.25, 0.3) is 0 Å². The largest absolute Gasteiger partial charge is 0.489 e. The fourth-order valence-corrected chi connectivity index (χ4v) is 2.55. The number of hydrogen-bond acceptors (Lipinski definition) is 4. The number of nitrogens with one attached hydrogen (secondary N) is 2. The van der Waals surface area contributed by atoms with E-state index in [9.17, 15) is 4.79 Å². The molecule has 0 saturated carbocycles. The Morgan fingerprint density at radius 1 is 1.32 bits per heavy atom. The zero-order chi connectivity index (χ0) is 15.2. The summed E-state index contributed by atoms with van der Waals surface area (Å²) in [7, 11) is 0. The van der Waals surface area contributed by atoms with Crippen LogP contribution in [0, 0.1) is 0 Å². The van der Waals surface area contributed by atoms with E-state index in [0.717, 1.165) is 37.2 Å². The number of furan rings is 1. The Morgan fingerprint density at radius 2 is 2.18 bits per heavy atom. The lowest BCUT2D eigenvalue weighted by molar-refractivity contribution is 0.0899. The zero-order valence-corrected chi connectivity index (χ0v) is 12.4. The minimum Gasteiger partial charge on any atom is -0.489 e. The molecule has 0 aliphatic carbocycles. The predicted molar refractivity (Wildman–Crippen MR) is 82.8 cm³/mol. The second-order valence-corrected chi connectivity index (χ2v) is 5.39. The number of carbonyl (C=O) groups is 1. The van der Waals surface area contributed by atoms with Crippen molar-refractivity contribution in [3.8, 4) is 5.75 Å². The van der Waals surface area contributed by atoms with Crippen LogP contribution >= 0.6 is 0 Å². The summed E-state index contributed by atoms with van der Waals surface area (Å²) in [6.45, 7) is 2.14. The first kappa shape index (κ1) is 14.7. The van der Waals surface area contributed by atoms with Gasteiger partial charge in [0.25, 0.3) is 5.91 Å². The minimum absolute atomic E-state index is 0.161. The molecule has 1 amide bonds. The van der Waals surface area contributed by atoms with Gasteiger partial charge in [-0.1, -0.05) is 18.2 Å². The number of rotatable bonds is 5. The lowest BCUT2D eigenvalue weighted by atomic mass is 10.1. The first-order valence-electron chi connectivity index (χ1n) is 7.59. The van der Waals surface area contributed by atoms with Gasteiger partial charge in [0, 0.05) is 18.2 Å². The quantitative estimate of drug-likeness (QED) is 0.889. The van der Waals surface area contributed by atoms with Crippen LogP contribution < -0.4 is 15.4 Å². The number of hydrogen-bond donors (Lipinski definition) is 2. The molecule has 1 aromatic carbocycles. The van der Waals surface area contributed by atoms with Crippen molar-refractivity contribution in [3.05, 3.63) is 54.0 Å². The molecule has 116 valence electrons. The molecular weight excluding hydrogens is 280 g/mol. The second kappa shape index (κ2) is 7.13. The summed E-state index contributed by atoms with van der Waals surface area (Å²) < 4.78 is 11.0. The molecule has 1 aliphatic rings. The van der Waals surface area contributed by atoms with Crippen molar-refractivity contribution in [2.45, 2.75) is 25.5 Å². The molecular formula is C17H20N2O3. The standard InChI is InChI=1S/C17H20N2O3/c20-17(19-14-5-4-9-18-11-14)16-13(8-10-21-16)12-22-15-6-2-1-3-7-15/h1-3,6-8,10,14,18H,4-5,9,11-12H2,(H,19,20). The van der Waals surface area contributed by atoms with Crippen LogP contribution in [0.15, 0.2) is 47.1 Å². The molecule has 3 rings (SSSR count). The highest BCUT2D eigenvalue weighted by Crippen LogP contribution is 2.16. The Balaban J connectivity index is 1.60. The summed E-state index contributed by atoms with van der Waals surface area (Å²) >= 11 is 0. The van der Waals surface area contributed by atoms with Gasteiger partial charge in [-0.25, -0.2) is 0 Å². The number of amides is 1. The number of benzene rings is 1. The van der Waals surface area contributed by atoms with Gasteiger partial charge in [0.05, 0.1) is 6.26 Å². The maximum atomic E-state index is 12.3.